The molecule has 0 aromatic heterocycles. The Bertz CT molecular complexity index is 785. The van der Waals surface area contributed by atoms with Crippen LogP contribution in [0.2, 0.25) is 0 Å². The van der Waals surface area contributed by atoms with E-state index in [-0.39, 0.29) is 18.2 Å². The molecular formula is C19H17NO4. The number of amides is 1. The molecule has 0 radical (unpaired) electrons. The van der Waals surface area contributed by atoms with E-state index in [0.29, 0.717) is 29.7 Å². The van der Waals surface area contributed by atoms with Crippen molar-refractivity contribution < 1.29 is 19.5 Å². The highest BCUT2D eigenvalue weighted by Gasteiger charge is 2.32. The molecule has 5 nitrogen and oxygen atoms in total. The van der Waals surface area contributed by atoms with Gasteiger partial charge in [0.25, 0.3) is 5.91 Å². The van der Waals surface area contributed by atoms with Crippen LogP contribution in [-0.2, 0) is 4.79 Å². The van der Waals surface area contributed by atoms with Crippen molar-refractivity contribution in [2.24, 2.45) is 5.92 Å². The first-order valence-electron chi connectivity index (χ1n) is 7.79. The Labute approximate surface area is 139 Å². The largest absolute Gasteiger partial charge is 0.481 e. The number of carboxylic acid groups (broad SMARTS) is 1. The molecule has 1 N–H and O–H groups in total. The van der Waals surface area contributed by atoms with Crippen LogP contribution in [0.25, 0.3) is 0 Å². The lowest BCUT2D eigenvalue weighted by Gasteiger charge is -2.17. The third kappa shape index (κ3) is 3.06. The molecule has 0 saturated carbocycles. The van der Waals surface area contributed by atoms with Gasteiger partial charge < -0.3 is 10.0 Å². The van der Waals surface area contributed by atoms with Crippen LogP contribution in [0.5, 0.6) is 0 Å². The third-order valence-electron chi connectivity index (χ3n) is 4.26. The van der Waals surface area contributed by atoms with Crippen LogP contribution in [0.3, 0.4) is 0 Å². The maximum atomic E-state index is 12.8. The van der Waals surface area contributed by atoms with E-state index in [4.69, 9.17) is 5.11 Å². The molecule has 0 spiro atoms. The van der Waals surface area contributed by atoms with E-state index in [9.17, 15) is 14.4 Å². The molecule has 1 aliphatic rings. The van der Waals surface area contributed by atoms with Crippen LogP contribution in [0.15, 0.2) is 54.6 Å². The summed E-state index contributed by atoms with van der Waals surface area (Å²) in [6, 6.07) is 15.5. The van der Waals surface area contributed by atoms with Crippen LogP contribution >= 0.6 is 0 Å². The van der Waals surface area contributed by atoms with Crippen molar-refractivity contribution in [3.05, 3.63) is 71.3 Å². The fourth-order valence-corrected chi connectivity index (χ4v) is 2.93. The Balaban J connectivity index is 1.88. The van der Waals surface area contributed by atoms with Gasteiger partial charge in [-0.25, -0.2) is 0 Å². The minimum Gasteiger partial charge on any atom is -0.481 e. The maximum absolute atomic E-state index is 12.8. The molecule has 1 amide bonds. The summed E-state index contributed by atoms with van der Waals surface area (Å²) in [6.45, 7) is 0.575. The minimum absolute atomic E-state index is 0.183. The topological polar surface area (TPSA) is 74.7 Å². The lowest BCUT2D eigenvalue weighted by Crippen LogP contribution is -2.31. The molecule has 0 aliphatic carbocycles. The van der Waals surface area contributed by atoms with E-state index in [1.54, 1.807) is 48.5 Å². The molecule has 5 heteroatoms. The number of aliphatic carboxylic acids is 1. The first-order chi connectivity index (χ1) is 11.6. The van der Waals surface area contributed by atoms with Crippen LogP contribution in [0.1, 0.15) is 32.7 Å². The van der Waals surface area contributed by atoms with Gasteiger partial charge in [-0.1, -0.05) is 48.5 Å². The predicted molar refractivity (Wildman–Crippen MR) is 88.0 cm³/mol. The second-order valence-corrected chi connectivity index (χ2v) is 5.82. The molecule has 3 rings (SSSR count). The van der Waals surface area contributed by atoms with Crippen LogP contribution < -0.4 is 0 Å². The van der Waals surface area contributed by atoms with Gasteiger partial charge in [0, 0.05) is 24.2 Å². The monoisotopic (exact) mass is 323 g/mol. The highest BCUT2D eigenvalue weighted by molar-refractivity contribution is 6.15. The Morgan fingerprint density at radius 3 is 2.17 bits per heavy atom. The van der Waals surface area contributed by atoms with Gasteiger partial charge >= 0.3 is 5.97 Å². The van der Waals surface area contributed by atoms with Gasteiger partial charge in [-0.3, -0.25) is 14.4 Å². The molecule has 1 fully saturated rings. The van der Waals surface area contributed by atoms with Gasteiger partial charge in [0.15, 0.2) is 5.78 Å². The molecule has 1 aliphatic heterocycles. The number of hydrogen-bond donors (Lipinski definition) is 1. The molecular weight excluding hydrogens is 306 g/mol. The molecule has 2 aromatic carbocycles. The molecule has 122 valence electrons. The Morgan fingerprint density at radius 1 is 0.917 bits per heavy atom. The minimum atomic E-state index is -0.890. The number of rotatable bonds is 4. The van der Waals surface area contributed by atoms with Crippen LogP contribution in [0, 0.1) is 5.92 Å². The third-order valence-corrected chi connectivity index (χ3v) is 4.26. The summed E-state index contributed by atoms with van der Waals surface area (Å²) < 4.78 is 0. The molecule has 2 aromatic rings. The summed E-state index contributed by atoms with van der Waals surface area (Å²) >= 11 is 0. The second-order valence-electron chi connectivity index (χ2n) is 5.82. The summed E-state index contributed by atoms with van der Waals surface area (Å²) in [5.74, 6) is -1.93. The fourth-order valence-electron chi connectivity index (χ4n) is 2.93. The summed E-state index contributed by atoms with van der Waals surface area (Å²) in [5.41, 5.74) is 1.17. The van der Waals surface area contributed by atoms with E-state index in [2.05, 4.69) is 0 Å². The van der Waals surface area contributed by atoms with Crippen molar-refractivity contribution in [2.75, 3.05) is 13.1 Å². The molecule has 1 atom stereocenters. The average molecular weight is 323 g/mol. The average Bonchev–Trinajstić information content (AvgIpc) is 3.12. The number of benzene rings is 2. The lowest BCUT2D eigenvalue weighted by molar-refractivity contribution is -0.141. The van der Waals surface area contributed by atoms with E-state index >= 15 is 0 Å². The van der Waals surface area contributed by atoms with Gasteiger partial charge in [-0.2, -0.15) is 0 Å². The Morgan fingerprint density at radius 2 is 1.54 bits per heavy atom. The number of carboxylic acids is 1. The predicted octanol–water partition coefficient (Wildman–Crippen LogP) is 2.46. The number of ketones is 1. The maximum Gasteiger partial charge on any atom is 0.308 e. The number of likely N-dealkylation sites (tertiary alicyclic amines) is 1. The molecule has 1 saturated heterocycles. The smallest absolute Gasteiger partial charge is 0.308 e. The first kappa shape index (κ1) is 15.9. The number of hydrogen-bond acceptors (Lipinski definition) is 3. The normalized spacial score (nSPS) is 16.8. The summed E-state index contributed by atoms with van der Waals surface area (Å²) in [7, 11) is 0. The summed E-state index contributed by atoms with van der Waals surface area (Å²) in [6.07, 6.45) is 0.440. The van der Waals surface area contributed by atoms with E-state index in [0.717, 1.165) is 0 Å². The quantitative estimate of drug-likeness (QED) is 0.877. The van der Waals surface area contributed by atoms with E-state index < -0.39 is 11.9 Å². The molecule has 24 heavy (non-hydrogen) atoms. The van der Waals surface area contributed by atoms with Gasteiger partial charge in [-0.05, 0) is 12.5 Å². The van der Waals surface area contributed by atoms with Gasteiger partial charge in [0.2, 0.25) is 0 Å². The molecule has 1 heterocycles. The van der Waals surface area contributed by atoms with Crippen molar-refractivity contribution in [3.63, 3.8) is 0 Å². The molecule has 0 bridgehead atoms. The summed E-state index contributed by atoms with van der Waals surface area (Å²) in [5, 5.41) is 9.08. The zero-order valence-corrected chi connectivity index (χ0v) is 13.0. The van der Waals surface area contributed by atoms with Gasteiger partial charge in [0.05, 0.1) is 11.5 Å². The van der Waals surface area contributed by atoms with Crippen molar-refractivity contribution in [1.29, 1.82) is 0 Å². The Kier molecular flexibility index (Phi) is 4.42. The number of nitrogens with zero attached hydrogens (tertiary/aromatic N) is 1. The zero-order valence-electron chi connectivity index (χ0n) is 13.0. The van der Waals surface area contributed by atoms with Gasteiger partial charge in [-0.15, -0.1) is 0 Å². The molecule has 0 unspecified atom stereocenters. The lowest BCUT2D eigenvalue weighted by atomic mass is 9.97. The van der Waals surface area contributed by atoms with E-state index in [1.807, 2.05) is 6.07 Å². The zero-order chi connectivity index (χ0) is 17.1. The highest BCUT2D eigenvalue weighted by atomic mass is 16.4. The Hall–Kier alpha value is -2.95. The van der Waals surface area contributed by atoms with Crippen molar-refractivity contribution in [2.45, 2.75) is 6.42 Å². The second kappa shape index (κ2) is 6.66. The number of carbonyl (C=O) groups is 3. The highest BCUT2D eigenvalue weighted by Crippen LogP contribution is 2.22. The summed E-state index contributed by atoms with van der Waals surface area (Å²) in [4.78, 5) is 38.0. The fraction of sp³-hybridized carbons (Fsp3) is 0.211. The first-order valence-corrected chi connectivity index (χ1v) is 7.79. The standard InChI is InChI=1S/C19H17NO4/c21-17(13-6-2-1-3-7-13)15-8-4-5-9-16(15)18(22)20-11-10-14(12-20)19(23)24/h1-9,14H,10-12H2,(H,23,24)/t14-/m0/s1. The van der Waals surface area contributed by atoms with Crippen molar-refractivity contribution in [1.82, 2.24) is 4.90 Å². The van der Waals surface area contributed by atoms with Crippen LogP contribution in [-0.4, -0.2) is 40.8 Å². The van der Waals surface area contributed by atoms with E-state index in [1.165, 1.54) is 4.90 Å². The number of carbonyl (C=O) groups excluding carboxylic acids is 2. The van der Waals surface area contributed by atoms with Gasteiger partial charge in [0.1, 0.15) is 0 Å². The van der Waals surface area contributed by atoms with Crippen LogP contribution in [0.4, 0.5) is 0 Å². The SMILES string of the molecule is O=C(c1ccccc1)c1ccccc1C(=O)N1CC[C@H](C(=O)O)C1. The van der Waals surface area contributed by atoms with Crippen molar-refractivity contribution in [3.8, 4) is 0 Å². The van der Waals surface area contributed by atoms with Crippen molar-refractivity contribution >= 4 is 17.7 Å².